The maximum atomic E-state index is 11.6. The van der Waals surface area contributed by atoms with Crippen LogP contribution in [0.2, 0.25) is 0 Å². The quantitative estimate of drug-likeness (QED) is 0.559. The van der Waals surface area contributed by atoms with Gasteiger partial charge in [0.15, 0.2) is 0 Å². The molecule has 82 valence electrons. The Morgan fingerprint density at radius 2 is 2.12 bits per heavy atom. The summed E-state index contributed by atoms with van der Waals surface area (Å²) in [5, 5.41) is 8.87. The Balaban J connectivity index is 3.19. The largest absolute Gasteiger partial charge is 0.390 e. The van der Waals surface area contributed by atoms with Crippen molar-refractivity contribution in [1.29, 1.82) is 5.26 Å². The van der Waals surface area contributed by atoms with Gasteiger partial charge >= 0.3 is 11.9 Å². The SMILES string of the molecule is CCc1c(C#N)cccc1C(=O)OC(C)=O. The van der Waals surface area contributed by atoms with E-state index in [2.05, 4.69) is 4.74 Å². The summed E-state index contributed by atoms with van der Waals surface area (Å²) in [6.45, 7) is 3.00. The highest BCUT2D eigenvalue weighted by Crippen LogP contribution is 2.16. The molecule has 0 atom stereocenters. The second-order valence-corrected chi connectivity index (χ2v) is 3.18. The average molecular weight is 217 g/mol. The van der Waals surface area contributed by atoms with Crippen molar-refractivity contribution in [2.75, 3.05) is 0 Å². The number of hydrogen-bond acceptors (Lipinski definition) is 4. The minimum absolute atomic E-state index is 0.275. The van der Waals surface area contributed by atoms with E-state index in [4.69, 9.17) is 5.26 Å². The molecule has 0 heterocycles. The van der Waals surface area contributed by atoms with Crippen LogP contribution in [0.5, 0.6) is 0 Å². The summed E-state index contributed by atoms with van der Waals surface area (Å²) in [6.07, 6.45) is 0.534. The zero-order valence-corrected chi connectivity index (χ0v) is 9.11. The topological polar surface area (TPSA) is 67.2 Å². The molecule has 0 aliphatic heterocycles. The number of rotatable bonds is 2. The molecular weight excluding hydrogens is 206 g/mol. The molecule has 0 amide bonds. The first-order valence-electron chi connectivity index (χ1n) is 4.84. The second-order valence-electron chi connectivity index (χ2n) is 3.18. The van der Waals surface area contributed by atoms with Gasteiger partial charge in [0.05, 0.1) is 17.2 Å². The molecule has 4 heteroatoms. The number of hydrogen-bond donors (Lipinski definition) is 0. The normalized spacial score (nSPS) is 9.31. The van der Waals surface area contributed by atoms with Crippen LogP contribution in [0.3, 0.4) is 0 Å². The van der Waals surface area contributed by atoms with Gasteiger partial charge in [-0.3, -0.25) is 4.79 Å². The van der Waals surface area contributed by atoms with E-state index in [9.17, 15) is 9.59 Å². The van der Waals surface area contributed by atoms with E-state index in [0.717, 1.165) is 6.92 Å². The predicted octanol–water partition coefficient (Wildman–Crippen LogP) is 1.82. The molecule has 0 aliphatic carbocycles. The minimum atomic E-state index is -0.707. The van der Waals surface area contributed by atoms with Gasteiger partial charge in [0.1, 0.15) is 0 Å². The van der Waals surface area contributed by atoms with E-state index in [-0.39, 0.29) is 5.56 Å². The van der Waals surface area contributed by atoms with Crippen LogP contribution < -0.4 is 0 Å². The van der Waals surface area contributed by atoms with Crippen LogP contribution in [0, 0.1) is 11.3 Å². The first kappa shape index (κ1) is 11.9. The molecule has 16 heavy (non-hydrogen) atoms. The fourth-order valence-corrected chi connectivity index (χ4v) is 1.45. The van der Waals surface area contributed by atoms with Crippen LogP contribution in [0.25, 0.3) is 0 Å². The summed E-state index contributed by atoms with van der Waals surface area (Å²) in [5.74, 6) is -1.36. The van der Waals surface area contributed by atoms with E-state index in [0.29, 0.717) is 17.5 Å². The van der Waals surface area contributed by atoms with E-state index >= 15 is 0 Å². The van der Waals surface area contributed by atoms with Gasteiger partial charge in [0.25, 0.3) is 0 Å². The highest BCUT2D eigenvalue weighted by atomic mass is 16.6. The van der Waals surface area contributed by atoms with Crippen LogP contribution in [-0.2, 0) is 16.0 Å². The van der Waals surface area contributed by atoms with Crippen molar-refractivity contribution in [3.8, 4) is 6.07 Å². The number of nitrogens with zero attached hydrogens (tertiary/aromatic N) is 1. The molecule has 0 fully saturated rings. The zero-order chi connectivity index (χ0) is 12.1. The first-order chi connectivity index (χ1) is 7.60. The zero-order valence-electron chi connectivity index (χ0n) is 9.11. The van der Waals surface area contributed by atoms with Crippen LogP contribution in [0.15, 0.2) is 18.2 Å². The lowest BCUT2D eigenvalue weighted by Gasteiger charge is -2.07. The van der Waals surface area contributed by atoms with E-state index in [1.165, 1.54) is 0 Å². The molecule has 0 aliphatic rings. The predicted molar refractivity (Wildman–Crippen MR) is 56.6 cm³/mol. The van der Waals surface area contributed by atoms with Crippen LogP contribution in [-0.4, -0.2) is 11.9 Å². The summed E-state index contributed by atoms with van der Waals surface area (Å²) in [5.41, 5.74) is 1.31. The lowest BCUT2D eigenvalue weighted by molar-refractivity contribution is -0.135. The molecule has 1 rings (SSSR count). The summed E-state index contributed by atoms with van der Waals surface area (Å²) in [4.78, 5) is 22.2. The lowest BCUT2D eigenvalue weighted by Crippen LogP contribution is -2.12. The van der Waals surface area contributed by atoms with Crippen molar-refractivity contribution in [3.63, 3.8) is 0 Å². The van der Waals surface area contributed by atoms with Crippen molar-refractivity contribution in [1.82, 2.24) is 0 Å². The highest BCUT2D eigenvalue weighted by molar-refractivity contribution is 5.97. The summed E-state index contributed by atoms with van der Waals surface area (Å²) >= 11 is 0. The molecule has 1 aromatic carbocycles. The number of carbonyl (C=O) groups is 2. The Morgan fingerprint density at radius 3 is 2.62 bits per heavy atom. The Bertz CT molecular complexity index is 472. The number of nitriles is 1. The summed E-state index contributed by atoms with van der Waals surface area (Å²) in [7, 11) is 0. The lowest BCUT2D eigenvalue weighted by atomic mass is 9.99. The molecule has 0 unspecified atom stereocenters. The van der Waals surface area contributed by atoms with Crippen LogP contribution in [0.1, 0.15) is 35.3 Å². The third-order valence-electron chi connectivity index (χ3n) is 2.11. The molecular formula is C12H11NO3. The van der Waals surface area contributed by atoms with Gasteiger partial charge in [-0.2, -0.15) is 5.26 Å². The van der Waals surface area contributed by atoms with Crippen molar-refractivity contribution in [3.05, 3.63) is 34.9 Å². The molecule has 4 nitrogen and oxygen atoms in total. The smallest absolute Gasteiger partial charge is 0.346 e. The van der Waals surface area contributed by atoms with Gasteiger partial charge in [0, 0.05) is 6.92 Å². The highest BCUT2D eigenvalue weighted by Gasteiger charge is 2.16. The second kappa shape index (κ2) is 5.08. The number of ether oxygens (including phenoxy) is 1. The molecule has 0 saturated carbocycles. The fourth-order valence-electron chi connectivity index (χ4n) is 1.45. The molecule has 1 aromatic rings. The van der Waals surface area contributed by atoms with Crippen molar-refractivity contribution in [2.45, 2.75) is 20.3 Å². The van der Waals surface area contributed by atoms with Crippen molar-refractivity contribution in [2.24, 2.45) is 0 Å². The molecule has 0 N–H and O–H groups in total. The maximum absolute atomic E-state index is 11.6. The Hall–Kier alpha value is -2.15. The molecule has 0 spiro atoms. The number of esters is 2. The molecule has 0 saturated heterocycles. The van der Waals surface area contributed by atoms with Crippen LogP contribution in [0.4, 0.5) is 0 Å². The van der Waals surface area contributed by atoms with Gasteiger partial charge in [-0.25, -0.2) is 4.79 Å². The number of benzene rings is 1. The molecule has 0 bridgehead atoms. The Morgan fingerprint density at radius 1 is 1.44 bits per heavy atom. The van der Waals surface area contributed by atoms with Gasteiger partial charge in [0.2, 0.25) is 0 Å². The Kier molecular flexibility index (Phi) is 3.78. The first-order valence-corrected chi connectivity index (χ1v) is 4.84. The van der Waals surface area contributed by atoms with Crippen molar-refractivity contribution >= 4 is 11.9 Å². The maximum Gasteiger partial charge on any atom is 0.346 e. The van der Waals surface area contributed by atoms with E-state index < -0.39 is 11.9 Å². The third kappa shape index (κ3) is 2.45. The third-order valence-corrected chi connectivity index (χ3v) is 2.11. The van der Waals surface area contributed by atoms with E-state index in [1.54, 1.807) is 18.2 Å². The molecule has 0 radical (unpaired) electrons. The van der Waals surface area contributed by atoms with Gasteiger partial charge in [-0.05, 0) is 24.1 Å². The summed E-state index contributed by atoms with van der Waals surface area (Å²) < 4.78 is 4.49. The van der Waals surface area contributed by atoms with Gasteiger partial charge < -0.3 is 4.74 Å². The van der Waals surface area contributed by atoms with Crippen LogP contribution >= 0.6 is 0 Å². The average Bonchev–Trinajstić information content (AvgIpc) is 2.26. The monoisotopic (exact) mass is 217 g/mol. The Labute approximate surface area is 93.5 Å². The summed E-state index contributed by atoms with van der Waals surface area (Å²) in [6, 6.07) is 6.77. The standard InChI is InChI=1S/C12H11NO3/c1-3-10-9(7-13)5-4-6-11(10)12(15)16-8(2)14/h4-6H,3H2,1-2H3. The van der Waals surface area contributed by atoms with Gasteiger partial charge in [-0.15, -0.1) is 0 Å². The minimum Gasteiger partial charge on any atom is -0.390 e. The van der Waals surface area contributed by atoms with Crippen molar-refractivity contribution < 1.29 is 14.3 Å². The molecule has 0 aromatic heterocycles. The van der Waals surface area contributed by atoms with E-state index in [1.807, 2.05) is 13.0 Å². The fraction of sp³-hybridized carbons (Fsp3) is 0.250. The van der Waals surface area contributed by atoms with Gasteiger partial charge in [-0.1, -0.05) is 13.0 Å². The number of carbonyl (C=O) groups excluding carboxylic acids is 2.